The van der Waals surface area contributed by atoms with Crippen LogP contribution in [0.2, 0.25) is 0 Å². The number of aromatic nitrogens is 2. The molecule has 0 spiro atoms. The lowest BCUT2D eigenvalue weighted by molar-refractivity contribution is -0.0167. The van der Waals surface area contributed by atoms with Crippen molar-refractivity contribution in [2.45, 2.75) is 30.8 Å². The third-order valence-corrected chi connectivity index (χ3v) is 5.57. The molecule has 0 radical (unpaired) electrons. The van der Waals surface area contributed by atoms with Crippen LogP contribution in [0, 0.1) is 0 Å². The van der Waals surface area contributed by atoms with Crippen LogP contribution < -0.4 is 5.32 Å². The summed E-state index contributed by atoms with van der Waals surface area (Å²) in [4.78, 5) is 4.22. The molecule has 0 aliphatic carbocycles. The number of hydrogen-bond donors (Lipinski definition) is 2. The maximum atomic E-state index is 11.4. The van der Waals surface area contributed by atoms with E-state index in [2.05, 4.69) is 15.5 Å². The maximum Gasteiger partial charge on any atom is 0.259 e. The molecule has 2 unspecified atom stereocenters. The highest BCUT2D eigenvalue weighted by molar-refractivity contribution is 7.91. The molecule has 3 rings (SSSR count). The molecule has 0 saturated carbocycles. The third-order valence-electron chi connectivity index (χ3n) is 3.80. The quantitative estimate of drug-likeness (QED) is 0.758. The molecule has 0 bridgehead atoms. The molecule has 8 heteroatoms. The van der Waals surface area contributed by atoms with Gasteiger partial charge in [-0.3, -0.25) is 0 Å². The van der Waals surface area contributed by atoms with Crippen LogP contribution >= 0.6 is 0 Å². The van der Waals surface area contributed by atoms with Gasteiger partial charge in [0.2, 0.25) is 0 Å². The van der Waals surface area contributed by atoms with Crippen LogP contribution in [0.25, 0.3) is 0 Å². The second-order valence-corrected chi connectivity index (χ2v) is 7.60. The molecule has 0 amide bonds. The lowest BCUT2D eigenvalue weighted by atomic mass is 9.94. The maximum absolute atomic E-state index is 11.4. The largest absolute Gasteiger partial charge is 0.379 e. The summed E-state index contributed by atoms with van der Waals surface area (Å²) < 4.78 is 28.0. The van der Waals surface area contributed by atoms with E-state index in [9.17, 15) is 13.5 Å². The SMILES string of the molecule is O=S1(=O)CCC(c2noc(C3(O)CCCNC3)n2)C1. The lowest BCUT2D eigenvalue weighted by Gasteiger charge is -2.28. The van der Waals surface area contributed by atoms with Crippen molar-refractivity contribution in [3.05, 3.63) is 11.7 Å². The van der Waals surface area contributed by atoms with Crippen molar-refractivity contribution < 1.29 is 18.0 Å². The molecule has 7 nitrogen and oxygen atoms in total. The van der Waals surface area contributed by atoms with Gasteiger partial charge in [-0.15, -0.1) is 0 Å². The van der Waals surface area contributed by atoms with Crippen molar-refractivity contribution in [2.75, 3.05) is 24.6 Å². The smallest absolute Gasteiger partial charge is 0.259 e. The van der Waals surface area contributed by atoms with Crippen LogP contribution in [0.5, 0.6) is 0 Å². The fourth-order valence-corrected chi connectivity index (χ4v) is 4.40. The molecular weight excluding hydrogens is 270 g/mol. The number of piperidine rings is 1. The number of rotatable bonds is 2. The zero-order valence-electron chi connectivity index (χ0n) is 10.5. The number of sulfone groups is 1. The molecule has 2 atom stereocenters. The van der Waals surface area contributed by atoms with Gasteiger partial charge in [0.25, 0.3) is 5.89 Å². The summed E-state index contributed by atoms with van der Waals surface area (Å²) in [6, 6.07) is 0. The van der Waals surface area contributed by atoms with E-state index in [4.69, 9.17) is 4.52 Å². The fraction of sp³-hybridized carbons (Fsp3) is 0.818. The first-order valence-electron chi connectivity index (χ1n) is 6.46. The zero-order chi connectivity index (χ0) is 13.5. The Morgan fingerprint density at radius 3 is 2.95 bits per heavy atom. The number of nitrogens with zero attached hydrogens (tertiary/aromatic N) is 2. The molecule has 106 valence electrons. The summed E-state index contributed by atoms with van der Waals surface area (Å²) in [5, 5.41) is 17.4. The normalized spacial score (nSPS) is 34.5. The molecule has 2 N–H and O–H groups in total. The number of aliphatic hydroxyl groups is 1. The van der Waals surface area contributed by atoms with E-state index in [1.165, 1.54) is 0 Å². The predicted molar refractivity (Wildman–Crippen MR) is 66.3 cm³/mol. The third kappa shape index (κ3) is 2.52. The Kier molecular flexibility index (Phi) is 3.11. The van der Waals surface area contributed by atoms with Crippen molar-refractivity contribution in [2.24, 2.45) is 0 Å². The van der Waals surface area contributed by atoms with E-state index in [1.54, 1.807) is 0 Å². The van der Waals surface area contributed by atoms with Crippen molar-refractivity contribution in [1.29, 1.82) is 0 Å². The Hall–Kier alpha value is -0.990. The van der Waals surface area contributed by atoms with Crippen molar-refractivity contribution >= 4 is 9.84 Å². The summed E-state index contributed by atoms with van der Waals surface area (Å²) in [6.07, 6.45) is 1.94. The lowest BCUT2D eigenvalue weighted by Crippen LogP contribution is -2.43. The van der Waals surface area contributed by atoms with Gasteiger partial charge in [-0.2, -0.15) is 4.98 Å². The van der Waals surface area contributed by atoms with Gasteiger partial charge < -0.3 is 14.9 Å². The van der Waals surface area contributed by atoms with Crippen LogP contribution in [0.1, 0.15) is 36.9 Å². The number of hydrogen-bond acceptors (Lipinski definition) is 7. The standard InChI is InChI=1S/C11H17N3O4S/c15-11(3-1-4-12-7-11)10-13-9(14-18-10)8-2-5-19(16,17)6-8/h8,12,15H,1-7H2. The highest BCUT2D eigenvalue weighted by Gasteiger charge is 2.39. The topological polar surface area (TPSA) is 105 Å². The molecule has 2 aliphatic heterocycles. The highest BCUT2D eigenvalue weighted by atomic mass is 32.2. The summed E-state index contributed by atoms with van der Waals surface area (Å²) in [7, 11) is -2.97. The van der Waals surface area contributed by atoms with Crippen LogP contribution in [0.15, 0.2) is 4.52 Å². The first kappa shape index (κ1) is 13.0. The average molecular weight is 287 g/mol. The predicted octanol–water partition coefficient (Wildman–Crippen LogP) is -0.457. The van der Waals surface area contributed by atoms with E-state index in [0.29, 0.717) is 25.2 Å². The Bertz CT molecular complexity index is 562. The molecular formula is C11H17N3O4S. The fourth-order valence-electron chi connectivity index (χ4n) is 2.66. The number of nitrogens with one attached hydrogen (secondary N) is 1. The Labute approximate surface area is 111 Å². The monoisotopic (exact) mass is 287 g/mol. The summed E-state index contributed by atoms with van der Waals surface area (Å²) >= 11 is 0. The van der Waals surface area contributed by atoms with E-state index in [-0.39, 0.29) is 23.3 Å². The van der Waals surface area contributed by atoms with Gasteiger partial charge in [-0.25, -0.2) is 8.42 Å². The van der Waals surface area contributed by atoms with Crippen molar-refractivity contribution in [1.82, 2.24) is 15.5 Å². The van der Waals surface area contributed by atoms with Gasteiger partial charge in [0.05, 0.1) is 11.5 Å². The van der Waals surface area contributed by atoms with Crippen LogP contribution in [0.4, 0.5) is 0 Å². The van der Waals surface area contributed by atoms with Gasteiger partial charge in [-0.1, -0.05) is 5.16 Å². The second kappa shape index (κ2) is 4.53. The first-order chi connectivity index (χ1) is 8.99. The Morgan fingerprint density at radius 1 is 1.47 bits per heavy atom. The Balaban J connectivity index is 1.80. The summed E-state index contributed by atoms with van der Waals surface area (Å²) in [5.74, 6) is 0.632. The van der Waals surface area contributed by atoms with Gasteiger partial charge in [0.15, 0.2) is 21.3 Å². The molecule has 0 aromatic carbocycles. The minimum atomic E-state index is -2.97. The molecule has 2 aliphatic rings. The van der Waals surface area contributed by atoms with Gasteiger partial charge in [0.1, 0.15) is 0 Å². The van der Waals surface area contributed by atoms with Crippen LogP contribution in [-0.4, -0.2) is 48.3 Å². The molecule has 3 heterocycles. The molecule has 1 aromatic heterocycles. The Morgan fingerprint density at radius 2 is 2.32 bits per heavy atom. The van der Waals surface area contributed by atoms with Crippen LogP contribution in [0.3, 0.4) is 0 Å². The van der Waals surface area contributed by atoms with Gasteiger partial charge in [-0.05, 0) is 25.8 Å². The second-order valence-electron chi connectivity index (χ2n) is 5.37. The van der Waals surface area contributed by atoms with E-state index in [0.717, 1.165) is 13.0 Å². The van der Waals surface area contributed by atoms with Crippen LogP contribution in [-0.2, 0) is 15.4 Å². The highest BCUT2D eigenvalue weighted by Crippen LogP contribution is 2.31. The van der Waals surface area contributed by atoms with E-state index in [1.807, 2.05) is 0 Å². The molecule has 2 saturated heterocycles. The number of β-amino-alcohol motifs (C(OH)–C–C–N with tert-alkyl or cyclic N) is 1. The van der Waals surface area contributed by atoms with E-state index >= 15 is 0 Å². The molecule has 19 heavy (non-hydrogen) atoms. The van der Waals surface area contributed by atoms with Gasteiger partial charge in [0, 0.05) is 12.5 Å². The van der Waals surface area contributed by atoms with Crippen molar-refractivity contribution in [3.63, 3.8) is 0 Å². The van der Waals surface area contributed by atoms with Crippen molar-refractivity contribution in [3.8, 4) is 0 Å². The first-order valence-corrected chi connectivity index (χ1v) is 8.28. The molecule has 2 fully saturated rings. The molecule has 1 aromatic rings. The summed E-state index contributed by atoms with van der Waals surface area (Å²) in [6.45, 7) is 1.25. The van der Waals surface area contributed by atoms with Gasteiger partial charge >= 0.3 is 0 Å². The minimum absolute atomic E-state index is 0.0721. The van der Waals surface area contributed by atoms with E-state index < -0.39 is 15.4 Å². The summed E-state index contributed by atoms with van der Waals surface area (Å²) in [5.41, 5.74) is -1.12. The average Bonchev–Trinajstić information content (AvgIpc) is 2.96. The zero-order valence-corrected chi connectivity index (χ0v) is 11.3. The minimum Gasteiger partial charge on any atom is -0.379 e.